The van der Waals surface area contributed by atoms with Gasteiger partial charge in [-0.15, -0.1) is 0 Å². The quantitative estimate of drug-likeness (QED) is 0.243. The number of nitrogens with one attached hydrogen (secondary N) is 2. The number of carbonyl (C=O) groups excluding carboxylic acids is 2. The smallest absolute Gasteiger partial charge is 0.293 e. The number of hydrogen-bond acceptors (Lipinski definition) is 9. The number of hydrogen-bond donors (Lipinski definition) is 2. The lowest BCUT2D eigenvalue weighted by molar-refractivity contribution is -0.128. The van der Waals surface area contributed by atoms with Gasteiger partial charge < -0.3 is 20.3 Å². The maximum atomic E-state index is 10.5. The van der Waals surface area contributed by atoms with E-state index in [-0.39, 0.29) is 0 Å². The number of thiazole rings is 1. The van der Waals surface area contributed by atoms with E-state index >= 15 is 0 Å². The Kier molecular flexibility index (Phi) is 19.4. The molecule has 1 amide bonds. The molecule has 0 radical (unpaired) electrons. The summed E-state index contributed by atoms with van der Waals surface area (Å²) in [6, 6.07) is 0. The summed E-state index contributed by atoms with van der Waals surface area (Å²) in [5.74, 6) is 0.835. The van der Waals surface area contributed by atoms with Crippen molar-refractivity contribution < 1.29 is 14.3 Å². The highest BCUT2D eigenvalue weighted by atomic mass is 32.1. The van der Waals surface area contributed by atoms with Gasteiger partial charge in [-0.05, 0) is 47.0 Å². The normalized spacial score (nSPS) is 12.9. The molecule has 2 heterocycles. The Morgan fingerprint density at radius 2 is 2.03 bits per heavy atom. The van der Waals surface area contributed by atoms with Crippen LogP contribution in [0.3, 0.4) is 0 Å². The van der Waals surface area contributed by atoms with Crippen LogP contribution in [0.25, 0.3) is 0 Å². The minimum Gasteiger partial charge on any atom is -0.468 e. The van der Waals surface area contributed by atoms with Gasteiger partial charge in [0.15, 0.2) is 5.13 Å². The van der Waals surface area contributed by atoms with E-state index in [1.54, 1.807) is 6.92 Å². The molecule has 0 saturated heterocycles. The highest BCUT2D eigenvalue weighted by Gasteiger charge is 2.22. The van der Waals surface area contributed by atoms with E-state index in [1.807, 2.05) is 20.0 Å². The lowest BCUT2D eigenvalue weighted by Gasteiger charge is -2.28. The standard InChI is InChI=1S/C15H21N5OS.C6H15N.C3H6O2/c1-4-6-17-11(2)8-14(16-3)20-7-5-12-13(9-20)22-15(19-12)18-10-21;1-3-4-5-6-7-2;1-2-5-3-4/h8,10H,3-7,9H2,1-2H3,(H,18,19,21);7H,3-6H2,1-2H3;3H,2H2,1H3/b14-8+,17-11?;;. The number of unbranched alkanes of at least 4 members (excludes halogenated alkanes) is 2. The van der Waals surface area contributed by atoms with Crippen LogP contribution >= 0.6 is 11.3 Å². The molecule has 192 valence electrons. The number of aliphatic imine (C=N–C) groups is 2. The molecule has 1 aliphatic heterocycles. The van der Waals surface area contributed by atoms with Crippen molar-refractivity contribution in [1.29, 1.82) is 0 Å². The molecule has 0 aliphatic carbocycles. The molecule has 0 bridgehead atoms. The SMILES string of the molecule is C=N/C(=C\C(C)=NCCC)N1CCc2nc(NC=O)sc2C1.CCCCCNC.CCOC=O. The third-order valence-electron chi connectivity index (χ3n) is 4.59. The van der Waals surface area contributed by atoms with Gasteiger partial charge >= 0.3 is 0 Å². The highest BCUT2D eigenvalue weighted by Crippen LogP contribution is 2.29. The number of carbonyl (C=O) groups is 2. The number of amides is 1. The second-order valence-electron chi connectivity index (χ2n) is 7.37. The van der Waals surface area contributed by atoms with E-state index in [9.17, 15) is 9.59 Å². The molecule has 2 rings (SSSR count). The van der Waals surface area contributed by atoms with E-state index in [1.165, 1.54) is 37.1 Å². The molecule has 1 aliphatic rings. The number of fused-ring (bicyclic) bond motifs is 1. The number of anilines is 1. The first-order chi connectivity index (χ1) is 16.5. The average molecular weight is 495 g/mol. The minimum absolute atomic E-state index is 0.431. The largest absolute Gasteiger partial charge is 0.468 e. The van der Waals surface area contributed by atoms with Crippen molar-refractivity contribution in [3.05, 3.63) is 22.5 Å². The molecule has 0 unspecified atom stereocenters. The minimum atomic E-state index is 0.431. The summed E-state index contributed by atoms with van der Waals surface area (Å²) in [6.07, 6.45) is 8.51. The van der Waals surface area contributed by atoms with E-state index in [2.05, 4.69) is 55.8 Å². The number of allylic oxidation sites excluding steroid dienone is 1. The molecule has 0 spiro atoms. The van der Waals surface area contributed by atoms with Gasteiger partial charge in [-0.2, -0.15) is 0 Å². The fraction of sp³-hybridized carbons (Fsp3) is 0.625. The summed E-state index contributed by atoms with van der Waals surface area (Å²) >= 11 is 1.51. The third kappa shape index (κ3) is 13.8. The van der Waals surface area contributed by atoms with Gasteiger partial charge in [0, 0.05) is 36.2 Å². The van der Waals surface area contributed by atoms with Crippen LogP contribution in [0.1, 0.15) is 63.9 Å². The highest BCUT2D eigenvalue weighted by molar-refractivity contribution is 7.15. The van der Waals surface area contributed by atoms with Crippen molar-refractivity contribution in [2.24, 2.45) is 9.98 Å². The molecular formula is C24H42N6O3S. The molecular weight excluding hydrogens is 452 g/mol. The zero-order valence-electron chi connectivity index (χ0n) is 21.4. The van der Waals surface area contributed by atoms with Gasteiger partial charge in [0.1, 0.15) is 5.82 Å². The first-order valence-electron chi connectivity index (χ1n) is 11.8. The first kappa shape index (κ1) is 31.4. The maximum absolute atomic E-state index is 10.5. The summed E-state index contributed by atoms with van der Waals surface area (Å²) in [5, 5.41) is 6.37. The topological polar surface area (TPSA) is 108 Å². The van der Waals surface area contributed by atoms with Gasteiger partial charge in [-0.25, -0.2) is 9.98 Å². The van der Waals surface area contributed by atoms with E-state index in [4.69, 9.17) is 0 Å². The zero-order valence-corrected chi connectivity index (χ0v) is 22.2. The Morgan fingerprint density at radius 3 is 2.56 bits per heavy atom. The Labute approximate surface area is 208 Å². The fourth-order valence-electron chi connectivity index (χ4n) is 2.88. The Balaban J connectivity index is 0.000000751. The molecule has 0 saturated carbocycles. The van der Waals surface area contributed by atoms with E-state index in [0.717, 1.165) is 54.6 Å². The number of ether oxygens (including phenoxy) is 1. The second kappa shape index (κ2) is 21.0. The molecule has 10 heteroatoms. The zero-order chi connectivity index (χ0) is 25.6. The van der Waals surface area contributed by atoms with Crippen molar-refractivity contribution in [3.8, 4) is 0 Å². The average Bonchev–Trinajstić information content (AvgIpc) is 3.25. The summed E-state index contributed by atoms with van der Waals surface area (Å²) in [6.45, 7) is 16.2. The van der Waals surface area contributed by atoms with Crippen molar-refractivity contribution in [2.45, 2.75) is 66.3 Å². The van der Waals surface area contributed by atoms with Crippen LogP contribution in [0.15, 0.2) is 21.9 Å². The predicted molar refractivity (Wildman–Crippen MR) is 143 cm³/mol. The van der Waals surface area contributed by atoms with Crippen molar-refractivity contribution in [3.63, 3.8) is 0 Å². The van der Waals surface area contributed by atoms with Gasteiger partial charge in [-0.3, -0.25) is 14.6 Å². The molecule has 34 heavy (non-hydrogen) atoms. The Hall–Kier alpha value is -2.59. The maximum Gasteiger partial charge on any atom is 0.293 e. The van der Waals surface area contributed by atoms with Gasteiger partial charge in [-0.1, -0.05) is 38.0 Å². The second-order valence-corrected chi connectivity index (χ2v) is 8.45. The lowest BCUT2D eigenvalue weighted by Crippen LogP contribution is -2.29. The summed E-state index contributed by atoms with van der Waals surface area (Å²) in [4.78, 5) is 36.1. The number of aromatic nitrogens is 1. The van der Waals surface area contributed by atoms with Crippen LogP contribution in [-0.2, 0) is 27.3 Å². The lowest BCUT2D eigenvalue weighted by atomic mass is 10.2. The summed E-state index contributed by atoms with van der Waals surface area (Å²) < 4.78 is 4.15. The van der Waals surface area contributed by atoms with Crippen LogP contribution in [0, 0.1) is 0 Å². The fourth-order valence-corrected chi connectivity index (χ4v) is 3.86. The molecule has 0 atom stereocenters. The van der Waals surface area contributed by atoms with Crippen molar-refractivity contribution >= 4 is 41.8 Å². The summed E-state index contributed by atoms with van der Waals surface area (Å²) in [5.41, 5.74) is 2.02. The molecule has 0 fully saturated rings. The third-order valence-corrected chi connectivity index (χ3v) is 5.60. The molecule has 2 N–H and O–H groups in total. The van der Waals surface area contributed by atoms with Gasteiger partial charge in [0.25, 0.3) is 6.47 Å². The monoisotopic (exact) mass is 494 g/mol. The molecule has 9 nitrogen and oxygen atoms in total. The van der Waals surface area contributed by atoms with Gasteiger partial charge in [0.05, 0.1) is 18.8 Å². The van der Waals surface area contributed by atoms with Crippen molar-refractivity contribution in [1.82, 2.24) is 15.2 Å². The van der Waals surface area contributed by atoms with Crippen LogP contribution in [0.5, 0.6) is 0 Å². The van der Waals surface area contributed by atoms with Crippen LogP contribution in [-0.4, -0.2) is 68.5 Å². The summed E-state index contributed by atoms with van der Waals surface area (Å²) in [7, 11) is 2.00. The van der Waals surface area contributed by atoms with Crippen LogP contribution < -0.4 is 10.6 Å². The van der Waals surface area contributed by atoms with Crippen molar-refractivity contribution in [2.75, 3.05) is 38.6 Å². The van der Waals surface area contributed by atoms with E-state index in [0.29, 0.717) is 24.6 Å². The number of nitrogens with zero attached hydrogens (tertiary/aromatic N) is 4. The molecule has 0 aromatic carbocycles. The number of rotatable bonds is 13. The van der Waals surface area contributed by atoms with Gasteiger partial charge in [0.2, 0.25) is 6.41 Å². The van der Waals surface area contributed by atoms with E-state index < -0.39 is 0 Å². The first-order valence-corrected chi connectivity index (χ1v) is 12.7. The van der Waals surface area contributed by atoms with Crippen LogP contribution in [0.2, 0.25) is 0 Å². The predicted octanol–water partition coefficient (Wildman–Crippen LogP) is 4.06. The molecule has 1 aromatic heterocycles. The van der Waals surface area contributed by atoms with Crippen LogP contribution in [0.4, 0.5) is 5.13 Å². The Morgan fingerprint density at radius 1 is 1.26 bits per heavy atom. The molecule has 1 aromatic rings. The Bertz CT molecular complexity index is 760.